The van der Waals surface area contributed by atoms with Gasteiger partial charge >= 0.3 is 5.97 Å². The first-order chi connectivity index (χ1) is 8.06. The molecule has 4 heteroatoms. The summed E-state index contributed by atoms with van der Waals surface area (Å²) in [6.45, 7) is 2.43. The summed E-state index contributed by atoms with van der Waals surface area (Å²) >= 11 is 0. The molecule has 1 aromatic carbocycles. The van der Waals surface area contributed by atoms with Crippen molar-refractivity contribution in [1.29, 1.82) is 0 Å². The zero-order chi connectivity index (χ0) is 12.4. The summed E-state index contributed by atoms with van der Waals surface area (Å²) < 4.78 is 18.1. The fourth-order valence-corrected chi connectivity index (χ4v) is 2.13. The number of carbonyl (C=O) groups excluding carboxylic acids is 1. The Hall–Kier alpha value is -1.42. The van der Waals surface area contributed by atoms with E-state index >= 15 is 0 Å². The molecular weight excluding hydrogens is 221 g/mol. The quantitative estimate of drug-likeness (QED) is 0.753. The van der Waals surface area contributed by atoms with Crippen molar-refractivity contribution < 1.29 is 13.9 Å². The fraction of sp³-hybridized carbons (Fsp3) is 0.462. The predicted octanol–water partition coefficient (Wildman–Crippen LogP) is 1.96. The Kier molecular flexibility index (Phi) is 3.43. The summed E-state index contributed by atoms with van der Waals surface area (Å²) in [5.74, 6) is -0.435. The highest BCUT2D eigenvalue weighted by Crippen LogP contribution is 2.20. The molecule has 1 aliphatic rings. The first-order valence-corrected chi connectivity index (χ1v) is 5.71. The van der Waals surface area contributed by atoms with Gasteiger partial charge in [-0.1, -0.05) is 12.1 Å². The van der Waals surface area contributed by atoms with Crippen LogP contribution in [0.4, 0.5) is 4.39 Å². The van der Waals surface area contributed by atoms with Crippen molar-refractivity contribution in [2.75, 3.05) is 7.05 Å². The molecule has 17 heavy (non-hydrogen) atoms. The molecule has 1 fully saturated rings. The van der Waals surface area contributed by atoms with Crippen LogP contribution in [-0.4, -0.2) is 30.1 Å². The van der Waals surface area contributed by atoms with E-state index in [1.807, 2.05) is 24.9 Å². The van der Waals surface area contributed by atoms with Gasteiger partial charge in [0.2, 0.25) is 0 Å². The molecule has 0 aliphatic carbocycles. The smallest absolute Gasteiger partial charge is 0.323 e. The van der Waals surface area contributed by atoms with Crippen LogP contribution in [0.15, 0.2) is 24.3 Å². The number of ether oxygens (including phenoxy) is 1. The Bertz CT molecular complexity index is 422. The van der Waals surface area contributed by atoms with Gasteiger partial charge in [-0.3, -0.25) is 9.69 Å². The van der Waals surface area contributed by atoms with Gasteiger partial charge in [0.25, 0.3) is 0 Å². The monoisotopic (exact) mass is 237 g/mol. The fourth-order valence-electron chi connectivity index (χ4n) is 2.13. The third-order valence-corrected chi connectivity index (χ3v) is 3.00. The van der Waals surface area contributed by atoms with E-state index in [0.29, 0.717) is 13.0 Å². The van der Waals surface area contributed by atoms with E-state index in [4.69, 9.17) is 4.74 Å². The Morgan fingerprint density at radius 3 is 2.88 bits per heavy atom. The molecule has 1 saturated heterocycles. The van der Waals surface area contributed by atoms with Gasteiger partial charge in [0.05, 0.1) is 0 Å². The maximum atomic E-state index is 13.0. The summed E-state index contributed by atoms with van der Waals surface area (Å²) in [5.41, 5.74) is 0.861. The van der Waals surface area contributed by atoms with Crippen molar-refractivity contribution in [1.82, 2.24) is 4.90 Å². The maximum absolute atomic E-state index is 13.0. The van der Waals surface area contributed by atoms with E-state index < -0.39 is 0 Å². The molecule has 1 aromatic rings. The molecule has 0 N–H and O–H groups in total. The number of hydrogen-bond acceptors (Lipinski definition) is 3. The maximum Gasteiger partial charge on any atom is 0.323 e. The Morgan fingerprint density at radius 1 is 1.53 bits per heavy atom. The van der Waals surface area contributed by atoms with E-state index in [9.17, 15) is 9.18 Å². The van der Waals surface area contributed by atoms with Gasteiger partial charge in [0.15, 0.2) is 0 Å². The van der Waals surface area contributed by atoms with Crippen LogP contribution in [0.1, 0.15) is 18.9 Å². The van der Waals surface area contributed by atoms with Crippen LogP contribution in [0.5, 0.6) is 0 Å². The largest absolute Gasteiger partial charge is 0.461 e. The molecule has 1 heterocycles. The number of carbonyl (C=O) groups is 1. The minimum Gasteiger partial charge on any atom is -0.461 e. The number of hydrogen-bond donors (Lipinski definition) is 0. The van der Waals surface area contributed by atoms with Gasteiger partial charge in [-0.05, 0) is 31.7 Å². The van der Waals surface area contributed by atoms with E-state index in [1.54, 1.807) is 6.07 Å². The number of likely N-dealkylation sites (N-methyl/N-ethyl adjacent to an activating group) is 1. The van der Waals surface area contributed by atoms with Crippen molar-refractivity contribution in [2.45, 2.75) is 32.0 Å². The lowest BCUT2D eigenvalue weighted by Gasteiger charge is -2.20. The molecule has 0 unspecified atom stereocenters. The number of esters is 1. The highest BCUT2D eigenvalue weighted by molar-refractivity contribution is 5.77. The van der Waals surface area contributed by atoms with Gasteiger partial charge in [0, 0.05) is 13.0 Å². The van der Waals surface area contributed by atoms with Crippen molar-refractivity contribution in [3.05, 3.63) is 35.6 Å². The third-order valence-electron chi connectivity index (χ3n) is 3.00. The second kappa shape index (κ2) is 4.84. The second-order valence-electron chi connectivity index (χ2n) is 4.54. The van der Waals surface area contributed by atoms with Crippen molar-refractivity contribution in [2.24, 2.45) is 0 Å². The molecule has 92 valence electrons. The number of nitrogens with zero attached hydrogens (tertiary/aromatic N) is 1. The van der Waals surface area contributed by atoms with Crippen LogP contribution >= 0.6 is 0 Å². The Balaban J connectivity index is 2.02. The molecular formula is C13H16FNO2. The van der Waals surface area contributed by atoms with Gasteiger partial charge < -0.3 is 4.74 Å². The highest BCUT2D eigenvalue weighted by Gasteiger charge is 2.34. The molecule has 3 nitrogen and oxygen atoms in total. The predicted molar refractivity (Wildman–Crippen MR) is 61.8 cm³/mol. The molecule has 0 bridgehead atoms. The zero-order valence-electron chi connectivity index (χ0n) is 10.0. The van der Waals surface area contributed by atoms with E-state index in [0.717, 1.165) is 5.56 Å². The standard InChI is InChI=1S/C13H16FNO2/c1-9-6-12(13(16)17-9)15(2)8-10-4-3-5-11(14)7-10/h3-5,7,9,12H,6,8H2,1-2H3/t9-,12-/m0/s1. The van der Waals surface area contributed by atoms with Crippen LogP contribution < -0.4 is 0 Å². The lowest BCUT2D eigenvalue weighted by molar-refractivity contribution is -0.144. The summed E-state index contributed by atoms with van der Waals surface area (Å²) in [4.78, 5) is 13.4. The topological polar surface area (TPSA) is 29.5 Å². The summed E-state index contributed by atoms with van der Waals surface area (Å²) in [5, 5.41) is 0. The minimum absolute atomic E-state index is 0.0255. The van der Waals surface area contributed by atoms with Crippen LogP contribution in [0, 0.1) is 5.82 Å². The SMILES string of the molecule is C[C@H]1C[C@H](N(C)Cc2cccc(F)c2)C(=O)O1. The molecule has 2 atom stereocenters. The van der Waals surface area contributed by atoms with Crippen LogP contribution in [-0.2, 0) is 16.1 Å². The van der Waals surface area contributed by atoms with E-state index in [2.05, 4.69) is 0 Å². The number of rotatable bonds is 3. The molecule has 0 aromatic heterocycles. The molecule has 0 amide bonds. The zero-order valence-corrected chi connectivity index (χ0v) is 10.0. The first-order valence-electron chi connectivity index (χ1n) is 5.71. The summed E-state index contributed by atoms with van der Waals surface area (Å²) in [6.07, 6.45) is 0.674. The molecule has 1 aliphatic heterocycles. The Labute approximate surface area is 100 Å². The van der Waals surface area contributed by atoms with Crippen molar-refractivity contribution >= 4 is 5.97 Å². The van der Waals surface area contributed by atoms with Crippen LogP contribution in [0.3, 0.4) is 0 Å². The molecule has 2 rings (SSSR count). The number of halogens is 1. The van der Waals surface area contributed by atoms with E-state index in [-0.39, 0.29) is 23.9 Å². The summed E-state index contributed by atoms with van der Waals surface area (Å²) in [6, 6.07) is 6.21. The van der Waals surface area contributed by atoms with Crippen molar-refractivity contribution in [3.63, 3.8) is 0 Å². The highest BCUT2D eigenvalue weighted by atomic mass is 19.1. The van der Waals surface area contributed by atoms with Crippen molar-refractivity contribution in [3.8, 4) is 0 Å². The molecule has 0 saturated carbocycles. The first kappa shape index (κ1) is 12.0. The number of cyclic esters (lactones) is 1. The van der Waals surface area contributed by atoms with E-state index in [1.165, 1.54) is 12.1 Å². The Morgan fingerprint density at radius 2 is 2.29 bits per heavy atom. The average molecular weight is 237 g/mol. The lowest BCUT2D eigenvalue weighted by Crippen LogP contribution is -2.34. The minimum atomic E-state index is -0.252. The van der Waals surface area contributed by atoms with Crippen LogP contribution in [0.25, 0.3) is 0 Å². The summed E-state index contributed by atoms with van der Waals surface area (Å²) in [7, 11) is 1.86. The van der Waals surface area contributed by atoms with Gasteiger partial charge in [-0.2, -0.15) is 0 Å². The lowest BCUT2D eigenvalue weighted by atomic mass is 10.1. The molecule has 0 spiro atoms. The second-order valence-corrected chi connectivity index (χ2v) is 4.54. The molecule has 0 radical (unpaired) electrons. The van der Waals surface area contributed by atoms with Crippen LogP contribution in [0.2, 0.25) is 0 Å². The third kappa shape index (κ3) is 2.82. The normalized spacial score (nSPS) is 24.1. The average Bonchev–Trinajstić information content (AvgIpc) is 2.58. The number of benzene rings is 1. The van der Waals surface area contributed by atoms with Gasteiger partial charge in [-0.25, -0.2) is 4.39 Å². The van der Waals surface area contributed by atoms with Gasteiger partial charge in [0.1, 0.15) is 18.0 Å². The van der Waals surface area contributed by atoms with Gasteiger partial charge in [-0.15, -0.1) is 0 Å².